The van der Waals surface area contributed by atoms with Crippen LogP contribution in [0.3, 0.4) is 0 Å². The second-order valence-electron chi connectivity index (χ2n) is 4.34. The number of hydrogen-bond donors (Lipinski definition) is 1. The SMILES string of the molecule is CC(Nc1cnccc1Cl)c1ccc(OC(F)(F)F)cc1. The van der Waals surface area contributed by atoms with E-state index in [0.717, 1.165) is 5.56 Å². The van der Waals surface area contributed by atoms with E-state index < -0.39 is 6.36 Å². The van der Waals surface area contributed by atoms with E-state index in [1.165, 1.54) is 12.1 Å². The third-order valence-corrected chi connectivity index (χ3v) is 3.08. The minimum atomic E-state index is -4.69. The Labute approximate surface area is 124 Å². The Bertz CT molecular complexity index is 602. The molecule has 112 valence electrons. The van der Waals surface area contributed by atoms with Crippen LogP contribution < -0.4 is 10.1 Å². The Balaban J connectivity index is 2.06. The van der Waals surface area contributed by atoms with Crippen molar-refractivity contribution in [1.82, 2.24) is 4.98 Å². The molecule has 1 aromatic heterocycles. The van der Waals surface area contributed by atoms with E-state index in [0.29, 0.717) is 10.7 Å². The molecule has 1 heterocycles. The van der Waals surface area contributed by atoms with Crippen LogP contribution in [0.2, 0.25) is 5.02 Å². The molecule has 0 spiro atoms. The second kappa shape index (κ2) is 6.22. The molecule has 21 heavy (non-hydrogen) atoms. The maximum atomic E-state index is 12.1. The first-order valence-electron chi connectivity index (χ1n) is 6.07. The van der Waals surface area contributed by atoms with Crippen LogP contribution in [0.15, 0.2) is 42.7 Å². The van der Waals surface area contributed by atoms with Crippen LogP contribution >= 0.6 is 11.6 Å². The van der Waals surface area contributed by atoms with E-state index in [4.69, 9.17) is 11.6 Å². The lowest BCUT2D eigenvalue weighted by Crippen LogP contribution is -2.17. The third kappa shape index (κ3) is 4.53. The second-order valence-corrected chi connectivity index (χ2v) is 4.75. The maximum Gasteiger partial charge on any atom is 0.573 e. The molecule has 2 rings (SSSR count). The lowest BCUT2D eigenvalue weighted by Gasteiger charge is -2.17. The first kappa shape index (κ1) is 15.4. The maximum absolute atomic E-state index is 12.1. The molecule has 0 aliphatic carbocycles. The molecule has 1 atom stereocenters. The van der Waals surface area contributed by atoms with Gasteiger partial charge in [-0.05, 0) is 30.7 Å². The lowest BCUT2D eigenvalue weighted by atomic mass is 10.1. The summed E-state index contributed by atoms with van der Waals surface area (Å²) in [4.78, 5) is 3.95. The van der Waals surface area contributed by atoms with E-state index in [9.17, 15) is 13.2 Å². The largest absolute Gasteiger partial charge is 0.573 e. The average Bonchev–Trinajstić information content (AvgIpc) is 2.40. The quantitative estimate of drug-likeness (QED) is 0.879. The van der Waals surface area contributed by atoms with E-state index in [-0.39, 0.29) is 11.8 Å². The van der Waals surface area contributed by atoms with Crippen molar-refractivity contribution >= 4 is 17.3 Å². The first-order chi connectivity index (χ1) is 9.85. The van der Waals surface area contributed by atoms with Gasteiger partial charge in [0, 0.05) is 12.2 Å². The molecule has 0 fully saturated rings. The molecule has 0 saturated carbocycles. The highest BCUT2D eigenvalue weighted by Gasteiger charge is 2.31. The Morgan fingerprint density at radius 3 is 2.43 bits per heavy atom. The van der Waals surface area contributed by atoms with Crippen molar-refractivity contribution in [2.75, 3.05) is 5.32 Å². The van der Waals surface area contributed by atoms with Crippen LogP contribution in [0.5, 0.6) is 5.75 Å². The molecular weight excluding hydrogens is 305 g/mol. The minimum Gasteiger partial charge on any atom is -0.406 e. The summed E-state index contributed by atoms with van der Waals surface area (Å²) in [5.74, 6) is -0.252. The number of rotatable bonds is 4. The van der Waals surface area contributed by atoms with Crippen LogP contribution in [-0.2, 0) is 0 Å². The summed E-state index contributed by atoms with van der Waals surface area (Å²) in [6.07, 6.45) is -1.53. The summed E-state index contributed by atoms with van der Waals surface area (Å²) in [6, 6.07) is 7.16. The van der Waals surface area contributed by atoms with Crippen molar-refractivity contribution in [3.05, 3.63) is 53.3 Å². The van der Waals surface area contributed by atoms with Crippen molar-refractivity contribution in [3.8, 4) is 5.75 Å². The zero-order valence-corrected chi connectivity index (χ0v) is 11.7. The number of benzene rings is 1. The molecular formula is C14H12ClF3N2O. The number of pyridine rings is 1. The highest BCUT2D eigenvalue weighted by Crippen LogP contribution is 2.27. The van der Waals surface area contributed by atoms with Crippen molar-refractivity contribution in [3.63, 3.8) is 0 Å². The summed E-state index contributed by atoms with van der Waals surface area (Å²) in [5.41, 5.74) is 1.45. The van der Waals surface area contributed by atoms with Crippen LogP contribution in [0.1, 0.15) is 18.5 Å². The van der Waals surface area contributed by atoms with Crippen LogP contribution in [-0.4, -0.2) is 11.3 Å². The van der Waals surface area contributed by atoms with Gasteiger partial charge in [0.2, 0.25) is 0 Å². The van der Waals surface area contributed by atoms with Crippen LogP contribution in [0, 0.1) is 0 Å². The van der Waals surface area contributed by atoms with Gasteiger partial charge < -0.3 is 10.1 Å². The van der Waals surface area contributed by atoms with E-state index >= 15 is 0 Å². The molecule has 1 unspecified atom stereocenters. The number of ether oxygens (including phenoxy) is 1. The number of aromatic nitrogens is 1. The zero-order chi connectivity index (χ0) is 15.5. The van der Waals surface area contributed by atoms with Gasteiger partial charge in [-0.2, -0.15) is 0 Å². The topological polar surface area (TPSA) is 34.2 Å². The summed E-state index contributed by atoms with van der Waals surface area (Å²) in [6.45, 7) is 1.86. The predicted molar refractivity (Wildman–Crippen MR) is 74.4 cm³/mol. The van der Waals surface area contributed by atoms with E-state index in [2.05, 4.69) is 15.0 Å². The Morgan fingerprint density at radius 1 is 1.19 bits per heavy atom. The van der Waals surface area contributed by atoms with Gasteiger partial charge in [-0.3, -0.25) is 4.98 Å². The van der Waals surface area contributed by atoms with Gasteiger partial charge in [-0.25, -0.2) is 0 Å². The molecule has 0 aliphatic rings. The fraction of sp³-hybridized carbons (Fsp3) is 0.214. The Hall–Kier alpha value is -1.95. The van der Waals surface area contributed by atoms with Gasteiger partial charge in [0.05, 0.1) is 16.9 Å². The molecule has 0 amide bonds. The summed E-state index contributed by atoms with van der Waals surface area (Å²) in [7, 11) is 0. The predicted octanol–water partition coefficient (Wildman–Crippen LogP) is 4.81. The summed E-state index contributed by atoms with van der Waals surface area (Å²) < 4.78 is 40.1. The van der Waals surface area contributed by atoms with Gasteiger partial charge >= 0.3 is 6.36 Å². The molecule has 0 radical (unpaired) electrons. The third-order valence-electron chi connectivity index (χ3n) is 2.75. The van der Waals surface area contributed by atoms with Gasteiger partial charge in [-0.15, -0.1) is 13.2 Å². The lowest BCUT2D eigenvalue weighted by molar-refractivity contribution is -0.274. The van der Waals surface area contributed by atoms with Crippen molar-refractivity contribution in [2.45, 2.75) is 19.3 Å². The minimum absolute atomic E-state index is 0.147. The van der Waals surface area contributed by atoms with Crippen LogP contribution in [0.25, 0.3) is 0 Å². The first-order valence-corrected chi connectivity index (χ1v) is 6.45. The number of anilines is 1. The Kier molecular flexibility index (Phi) is 4.57. The van der Waals surface area contributed by atoms with Gasteiger partial charge in [-0.1, -0.05) is 23.7 Å². The molecule has 3 nitrogen and oxygen atoms in total. The highest BCUT2D eigenvalue weighted by molar-refractivity contribution is 6.33. The average molecular weight is 317 g/mol. The monoisotopic (exact) mass is 316 g/mol. The number of nitrogens with zero attached hydrogens (tertiary/aromatic N) is 1. The van der Waals surface area contributed by atoms with E-state index in [1.807, 2.05) is 6.92 Å². The number of halogens is 4. The molecule has 7 heteroatoms. The van der Waals surface area contributed by atoms with Crippen molar-refractivity contribution in [1.29, 1.82) is 0 Å². The smallest absolute Gasteiger partial charge is 0.406 e. The standard InChI is InChI=1S/C14H12ClF3N2O/c1-9(20-13-8-19-7-6-12(13)15)10-2-4-11(5-3-10)21-14(16,17)18/h2-9,20H,1H3. The molecule has 0 aliphatic heterocycles. The number of alkyl halides is 3. The van der Waals surface area contributed by atoms with Gasteiger partial charge in [0.1, 0.15) is 5.75 Å². The normalized spacial score (nSPS) is 12.8. The molecule has 0 bridgehead atoms. The zero-order valence-electron chi connectivity index (χ0n) is 11.0. The molecule has 1 N–H and O–H groups in total. The number of nitrogens with one attached hydrogen (secondary N) is 1. The Morgan fingerprint density at radius 2 is 1.86 bits per heavy atom. The molecule has 1 aromatic carbocycles. The van der Waals surface area contributed by atoms with Crippen molar-refractivity contribution in [2.24, 2.45) is 0 Å². The summed E-state index contributed by atoms with van der Waals surface area (Å²) in [5, 5.41) is 3.66. The fourth-order valence-corrected chi connectivity index (χ4v) is 1.92. The van der Waals surface area contributed by atoms with Crippen LogP contribution in [0.4, 0.5) is 18.9 Å². The van der Waals surface area contributed by atoms with E-state index in [1.54, 1.807) is 30.6 Å². The summed E-state index contributed by atoms with van der Waals surface area (Å²) >= 11 is 6.01. The van der Waals surface area contributed by atoms with Gasteiger partial charge in [0.15, 0.2) is 0 Å². The van der Waals surface area contributed by atoms with Gasteiger partial charge in [0.25, 0.3) is 0 Å². The fourth-order valence-electron chi connectivity index (χ4n) is 1.76. The molecule has 2 aromatic rings. The molecule has 0 saturated heterocycles. The highest BCUT2D eigenvalue weighted by atomic mass is 35.5. The van der Waals surface area contributed by atoms with Crippen molar-refractivity contribution < 1.29 is 17.9 Å². The number of hydrogen-bond acceptors (Lipinski definition) is 3.